The molecule has 1 aromatic heterocycles. The van der Waals surface area contributed by atoms with Crippen LogP contribution in [0, 0.1) is 0 Å². The maximum Gasteiger partial charge on any atom is 0.326 e. The molecule has 2 heterocycles. The number of fused-ring (bicyclic) bond motifs is 2. The molecule has 2 amide bonds. The van der Waals surface area contributed by atoms with Gasteiger partial charge in [-0.3, -0.25) is 9.59 Å². The molecule has 0 bridgehead atoms. The molecule has 0 radical (unpaired) electrons. The number of para-hydroxylation sites is 1. The monoisotopic (exact) mass is 580 g/mol. The molecule has 0 unspecified atom stereocenters. The molecule has 0 fully saturated rings. The van der Waals surface area contributed by atoms with Gasteiger partial charge in [-0.1, -0.05) is 65.7 Å². The average molecular weight is 581 g/mol. The van der Waals surface area contributed by atoms with Gasteiger partial charge in [0.25, 0.3) is 11.8 Å². The van der Waals surface area contributed by atoms with E-state index in [4.69, 9.17) is 27.6 Å². The highest BCUT2D eigenvalue weighted by atomic mass is 35.5. The number of aliphatic hydroxyl groups excluding tert-OH is 1. The van der Waals surface area contributed by atoms with E-state index in [1.165, 1.54) is 0 Å². The molecule has 0 spiro atoms. The quantitative estimate of drug-likeness (QED) is 0.268. The second-order valence-electron chi connectivity index (χ2n) is 9.80. The van der Waals surface area contributed by atoms with Crippen molar-refractivity contribution in [3.63, 3.8) is 0 Å². The van der Waals surface area contributed by atoms with Crippen LogP contribution < -0.4 is 5.32 Å². The lowest BCUT2D eigenvalue weighted by atomic mass is 9.96. The maximum atomic E-state index is 13.2. The number of carbonyl (C=O) groups is 3. The molecule has 1 aliphatic rings. The van der Waals surface area contributed by atoms with Crippen molar-refractivity contribution in [2.45, 2.75) is 38.5 Å². The smallest absolute Gasteiger partial charge is 0.326 e. The third-order valence-electron chi connectivity index (χ3n) is 7.03. The predicted molar refractivity (Wildman–Crippen MR) is 151 cm³/mol. The highest BCUT2D eigenvalue weighted by Crippen LogP contribution is 2.35. The van der Waals surface area contributed by atoms with Crippen LogP contribution in [-0.4, -0.2) is 45.5 Å². The van der Waals surface area contributed by atoms with Crippen LogP contribution in [0.5, 0.6) is 0 Å². The van der Waals surface area contributed by atoms with Gasteiger partial charge in [-0.05, 0) is 53.8 Å². The molecule has 3 N–H and O–H groups in total. The van der Waals surface area contributed by atoms with Gasteiger partial charge in [-0.2, -0.15) is 0 Å². The Kier molecular flexibility index (Phi) is 7.85. The van der Waals surface area contributed by atoms with Crippen LogP contribution >= 0.6 is 23.2 Å². The summed E-state index contributed by atoms with van der Waals surface area (Å²) in [4.78, 5) is 40.0. The van der Waals surface area contributed by atoms with Crippen molar-refractivity contribution in [2.24, 2.45) is 0 Å². The summed E-state index contributed by atoms with van der Waals surface area (Å²) in [7, 11) is 0. The Balaban J connectivity index is 1.34. The van der Waals surface area contributed by atoms with Crippen LogP contribution in [0.1, 0.15) is 56.2 Å². The molecule has 8 nitrogen and oxygen atoms in total. The molecule has 40 heavy (non-hydrogen) atoms. The Bertz CT molecular complexity index is 1600. The number of halogens is 2. The zero-order valence-electron chi connectivity index (χ0n) is 21.5. The van der Waals surface area contributed by atoms with Crippen molar-refractivity contribution >= 4 is 52.0 Å². The van der Waals surface area contributed by atoms with Crippen LogP contribution in [0.25, 0.3) is 11.0 Å². The zero-order valence-corrected chi connectivity index (χ0v) is 23.0. The Hall–Kier alpha value is -3.85. The second kappa shape index (κ2) is 11.3. The number of benzene rings is 3. The average Bonchev–Trinajstić information content (AvgIpc) is 3.36. The number of amides is 2. The van der Waals surface area contributed by atoms with Gasteiger partial charge in [-0.15, -0.1) is 0 Å². The number of furan rings is 1. The lowest BCUT2D eigenvalue weighted by Crippen LogP contribution is -2.42. The van der Waals surface area contributed by atoms with Crippen molar-refractivity contribution in [1.29, 1.82) is 0 Å². The molecule has 4 aromatic rings. The molecule has 1 aliphatic heterocycles. The minimum Gasteiger partial charge on any atom is -0.480 e. The minimum absolute atomic E-state index is 0.000669. The lowest BCUT2D eigenvalue weighted by Gasteiger charge is -2.30. The molecular formula is C30H26Cl2N2O6. The van der Waals surface area contributed by atoms with Gasteiger partial charge in [-0.25, -0.2) is 4.79 Å². The highest BCUT2D eigenvalue weighted by Gasteiger charge is 2.30. The van der Waals surface area contributed by atoms with Crippen LogP contribution in [0.3, 0.4) is 0 Å². The third-order valence-corrected chi connectivity index (χ3v) is 7.75. The van der Waals surface area contributed by atoms with Gasteiger partial charge in [0.05, 0.1) is 21.7 Å². The topological polar surface area (TPSA) is 120 Å². The molecular weight excluding hydrogens is 555 g/mol. The molecule has 0 saturated heterocycles. The van der Waals surface area contributed by atoms with E-state index in [9.17, 15) is 24.6 Å². The van der Waals surface area contributed by atoms with Gasteiger partial charge < -0.3 is 24.8 Å². The summed E-state index contributed by atoms with van der Waals surface area (Å²) in [6.07, 6.45) is -0.330. The minimum atomic E-state index is -1.25. The summed E-state index contributed by atoms with van der Waals surface area (Å²) in [6.45, 7) is 2.19. The molecule has 0 saturated carbocycles. The number of nitrogens with zero attached hydrogens (tertiary/aromatic N) is 1. The number of hydrogen-bond acceptors (Lipinski definition) is 5. The molecule has 206 valence electrons. The number of nitrogens with one attached hydrogen (secondary N) is 1. The Morgan fingerprint density at radius 2 is 1.85 bits per heavy atom. The fourth-order valence-corrected chi connectivity index (χ4v) is 5.69. The number of carboxylic acid groups (broad SMARTS) is 1. The molecule has 3 aromatic carbocycles. The fourth-order valence-electron chi connectivity index (χ4n) is 4.92. The van der Waals surface area contributed by atoms with Gasteiger partial charge >= 0.3 is 5.97 Å². The summed E-state index contributed by atoms with van der Waals surface area (Å²) in [5.41, 5.74) is 3.28. The number of carboxylic acids is 1. The molecule has 0 aliphatic carbocycles. The van der Waals surface area contributed by atoms with Crippen molar-refractivity contribution in [2.75, 3.05) is 6.54 Å². The van der Waals surface area contributed by atoms with Crippen molar-refractivity contribution in [3.05, 3.63) is 104 Å². The summed E-state index contributed by atoms with van der Waals surface area (Å²) in [5.74, 6) is -1.96. The largest absolute Gasteiger partial charge is 0.480 e. The Morgan fingerprint density at radius 1 is 1.07 bits per heavy atom. The normalized spacial score (nSPS) is 14.4. The van der Waals surface area contributed by atoms with Gasteiger partial charge in [0.15, 0.2) is 5.76 Å². The van der Waals surface area contributed by atoms with E-state index in [0.29, 0.717) is 40.8 Å². The van der Waals surface area contributed by atoms with Crippen LogP contribution in [-0.2, 0) is 24.2 Å². The predicted octanol–water partition coefficient (Wildman–Crippen LogP) is 5.42. The number of rotatable bonds is 7. The van der Waals surface area contributed by atoms with Gasteiger partial charge in [0.2, 0.25) is 0 Å². The van der Waals surface area contributed by atoms with Crippen molar-refractivity contribution in [3.8, 4) is 0 Å². The first-order valence-corrected chi connectivity index (χ1v) is 13.5. The first kappa shape index (κ1) is 27.7. The van der Waals surface area contributed by atoms with Crippen LogP contribution in [0.4, 0.5) is 0 Å². The SMILES string of the molecule is C[C@H](O)c1cccc(C[C@H](NC(=O)c2c(Cl)cc3c(c2Cl)CCN(C(=O)c2cc4ccccc4o2)C3)C(=O)O)c1. The Morgan fingerprint density at radius 3 is 2.58 bits per heavy atom. The van der Waals surface area contributed by atoms with E-state index in [1.807, 2.05) is 18.2 Å². The van der Waals surface area contributed by atoms with E-state index < -0.39 is 24.0 Å². The van der Waals surface area contributed by atoms with E-state index in [-0.39, 0.29) is 40.2 Å². The molecule has 2 atom stereocenters. The van der Waals surface area contributed by atoms with E-state index in [2.05, 4.69) is 5.32 Å². The number of hydrogen-bond donors (Lipinski definition) is 3. The Labute approximate surface area is 240 Å². The number of aliphatic carboxylic acids is 1. The van der Waals surface area contributed by atoms with Crippen LogP contribution in [0.15, 0.2) is 65.1 Å². The standard InChI is InChI=1S/C30H26Cl2N2O6/c1-16(35)18-7-4-5-17(11-18)12-23(30(38)39)33-28(36)26-22(31)13-20-15-34(10-9-21(20)27(26)32)29(37)25-14-19-6-2-3-8-24(19)40-25/h2-8,11,13-14,16,23,35H,9-10,12,15H2,1H3,(H,33,36)(H,38,39)/t16-,23-/m0/s1. The fraction of sp³-hybridized carbons (Fsp3) is 0.233. The lowest BCUT2D eigenvalue weighted by molar-refractivity contribution is -0.139. The highest BCUT2D eigenvalue weighted by molar-refractivity contribution is 6.40. The third kappa shape index (κ3) is 5.56. The van der Waals surface area contributed by atoms with Crippen LogP contribution in [0.2, 0.25) is 10.0 Å². The van der Waals surface area contributed by atoms with Gasteiger partial charge in [0, 0.05) is 24.9 Å². The van der Waals surface area contributed by atoms with Gasteiger partial charge in [0.1, 0.15) is 11.6 Å². The summed E-state index contributed by atoms with van der Waals surface area (Å²) in [6, 6.07) is 16.3. The first-order valence-electron chi connectivity index (χ1n) is 12.7. The summed E-state index contributed by atoms with van der Waals surface area (Å²) >= 11 is 13.2. The van der Waals surface area contributed by atoms with Crippen molar-refractivity contribution in [1.82, 2.24) is 10.2 Å². The maximum absolute atomic E-state index is 13.2. The summed E-state index contributed by atoms with van der Waals surface area (Å²) in [5, 5.41) is 23.2. The first-order chi connectivity index (χ1) is 19.1. The number of aliphatic hydroxyl groups is 1. The van der Waals surface area contributed by atoms with E-state index in [0.717, 1.165) is 5.39 Å². The van der Waals surface area contributed by atoms with E-state index >= 15 is 0 Å². The summed E-state index contributed by atoms with van der Waals surface area (Å²) < 4.78 is 5.73. The zero-order chi connectivity index (χ0) is 28.6. The van der Waals surface area contributed by atoms with E-state index in [1.54, 1.807) is 54.3 Å². The second-order valence-corrected chi connectivity index (χ2v) is 10.6. The van der Waals surface area contributed by atoms with Crippen molar-refractivity contribution < 1.29 is 29.0 Å². The number of carbonyl (C=O) groups excluding carboxylic acids is 2. The molecule has 10 heteroatoms. The molecule has 5 rings (SSSR count).